The van der Waals surface area contributed by atoms with Crippen LogP contribution in [0.2, 0.25) is 0 Å². The van der Waals surface area contributed by atoms with Gasteiger partial charge in [0.15, 0.2) is 0 Å². The van der Waals surface area contributed by atoms with Crippen LogP contribution in [0.3, 0.4) is 0 Å². The second-order valence-corrected chi connectivity index (χ2v) is 4.34. The molecule has 1 aromatic carbocycles. The number of aliphatic hydroxyl groups excluding tert-OH is 1. The monoisotopic (exact) mass is 243 g/mol. The molecule has 0 amide bonds. The van der Waals surface area contributed by atoms with Gasteiger partial charge in [-0.25, -0.2) is 8.78 Å². The fourth-order valence-electron chi connectivity index (χ4n) is 1.70. The molecule has 4 heteroatoms. The number of halogens is 2. The van der Waals surface area contributed by atoms with Crippen LogP contribution >= 0.6 is 0 Å². The minimum Gasteiger partial charge on any atom is -0.396 e. The Morgan fingerprint density at radius 3 is 2.35 bits per heavy atom. The molecule has 0 bridgehead atoms. The smallest absolute Gasteiger partial charge is 0.149 e. The molecule has 0 spiro atoms. The first-order chi connectivity index (χ1) is 8.06. The summed E-state index contributed by atoms with van der Waals surface area (Å²) in [5, 5.41) is 12.3. The Balaban J connectivity index is 2.72. The largest absolute Gasteiger partial charge is 0.396 e. The van der Waals surface area contributed by atoms with Crippen LogP contribution in [0.25, 0.3) is 0 Å². The number of anilines is 1. The lowest BCUT2D eigenvalue weighted by Crippen LogP contribution is -2.32. The third kappa shape index (κ3) is 3.40. The normalized spacial score (nSPS) is 11.6. The third-order valence-electron chi connectivity index (χ3n) is 3.42. The van der Waals surface area contributed by atoms with Crippen molar-refractivity contribution in [3.63, 3.8) is 0 Å². The van der Waals surface area contributed by atoms with E-state index < -0.39 is 11.6 Å². The molecule has 0 aliphatic heterocycles. The topological polar surface area (TPSA) is 32.3 Å². The van der Waals surface area contributed by atoms with Crippen LogP contribution in [0.5, 0.6) is 0 Å². The highest BCUT2D eigenvalue weighted by Crippen LogP contribution is 2.26. The molecular weight excluding hydrogens is 224 g/mol. The van der Waals surface area contributed by atoms with Crippen molar-refractivity contribution in [2.24, 2.45) is 5.41 Å². The Morgan fingerprint density at radius 2 is 1.88 bits per heavy atom. The maximum Gasteiger partial charge on any atom is 0.149 e. The molecule has 96 valence electrons. The number of nitrogens with one attached hydrogen (secondary N) is 1. The zero-order valence-electron chi connectivity index (χ0n) is 10.3. The van der Waals surface area contributed by atoms with Gasteiger partial charge in [-0.1, -0.05) is 13.8 Å². The van der Waals surface area contributed by atoms with E-state index in [1.165, 1.54) is 12.1 Å². The van der Waals surface area contributed by atoms with E-state index in [2.05, 4.69) is 5.32 Å². The van der Waals surface area contributed by atoms with Gasteiger partial charge < -0.3 is 10.4 Å². The predicted molar refractivity (Wildman–Crippen MR) is 64.9 cm³/mol. The fourth-order valence-corrected chi connectivity index (χ4v) is 1.70. The summed E-state index contributed by atoms with van der Waals surface area (Å²) in [6.07, 6.45) is 1.60. The van der Waals surface area contributed by atoms with E-state index in [0.29, 0.717) is 6.54 Å². The molecule has 0 aromatic heterocycles. The Hall–Kier alpha value is -1.16. The summed E-state index contributed by atoms with van der Waals surface area (Å²) in [6.45, 7) is 4.50. The van der Waals surface area contributed by atoms with Gasteiger partial charge in [0.25, 0.3) is 0 Å². The second kappa shape index (κ2) is 5.96. The van der Waals surface area contributed by atoms with Crippen LogP contribution in [0.15, 0.2) is 18.2 Å². The number of hydrogen-bond donors (Lipinski definition) is 2. The van der Waals surface area contributed by atoms with Gasteiger partial charge in [-0.2, -0.15) is 0 Å². The highest BCUT2D eigenvalue weighted by molar-refractivity contribution is 5.44. The van der Waals surface area contributed by atoms with Crippen molar-refractivity contribution < 1.29 is 13.9 Å². The first kappa shape index (κ1) is 13.9. The van der Waals surface area contributed by atoms with Crippen LogP contribution in [0.4, 0.5) is 14.5 Å². The molecule has 0 saturated heterocycles. The van der Waals surface area contributed by atoms with Gasteiger partial charge in [0.05, 0.1) is 12.3 Å². The fraction of sp³-hybridized carbons (Fsp3) is 0.538. The van der Waals surface area contributed by atoms with Gasteiger partial charge >= 0.3 is 0 Å². The van der Waals surface area contributed by atoms with Gasteiger partial charge in [0, 0.05) is 18.0 Å². The molecule has 0 aliphatic rings. The average Bonchev–Trinajstić information content (AvgIpc) is 2.33. The van der Waals surface area contributed by atoms with Gasteiger partial charge in [-0.05, 0) is 25.0 Å². The third-order valence-corrected chi connectivity index (χ3v) is 3.42. The van der Waals surface area contributed by atoms with Crippen LogP contribution < -0.4 is 5.32 Å². The lowest BCUT2D eigenvalue weighted by molar-refractivity contribution is 0.127. The summed E-state index contributed by atoms with van der Waals surface area (Å²) in [5.74, 6) is -1.20. The zero-order valence-corrected chi connectivity index (χ0v) is 10.3. The SMILES string of the molecule is CCC(CC)(CO)CNc1ccc(F)cc1F. The molecule has 0 unspecified atom stereocenters. The van der Waals surface area contributed by atoms with E-state index in [-0.39, 0.29) is 17.7 Å². The van der Waals surface area contributed by atoms with Crippen molar-refractivity contribution in [1.82, 2.24) is 0 Å². The Kier molecular flexibility index (Phi) is 4.87. The van der Waals surface area contributed by atoms with Crippen LogP contribution in [-0.2, 0) is 0 Å². The Bertz CT molecular complexity index is 356. The van der Waals surface area contributed by atoms with Gasteiger partial charge in [-0.3, -0.25) is 0 Å². The van der Waals surface area contributed by atoms with Crippen molar-refractivity contribution in [3.05, 3.63) is 29.8 Å². The minimum atomic E-state index is -0.607. The standard InChI is InChI=1S/C13H19F2NO/c1-3-13(4-2,9-17)8-16-12-6-5-10(14)7-11(12)15/h5-7,16-17H,3-4,8-9H2,1-2H3. The molecule has 1 rings (SSSR count). The minimum absolute atomic E-state index is 0.0514. The first-order valence-electron chi connectivity index (χ1n) is 5.86. The number of rotatable bonds is 6. The van der Waals surface area contributed by atoms with E-state index in [1.807, 2.05) is 13.8 Å². The number of benzene rings is 1. The number of aliphatic hydroxyl groups is 1. The average molecular weight is 243 g/mol. The lowest BCUT2D eigenvalue weighted by atomic mass is 9.83. The maximum atomic E-state index is 13.4. The summed E-state index contributed by atoms with van der Waals surface area (Å²) in [7, 11) is 0. The number of hydrogen-bond acceptors (Lipinski definition) is 2. The van der Waals surface area contributed by atoms with Crippen molar-refractivity contribution >= 4 is 5.69 Å². The maximum absolute atomic E-state index is 13.4. The molecule has 0 heterocycles. The van der Waals surface area contributed by atoms with Crippen molar-refractivity contribution in [2.45, 2.75) is 26.7 Å². The van der Waals surface area contributed by atoms with Crippen molar-refractivity contribution in [1.29, 1.82) is 0 Å². The van der Waals surface area contributed by atoms with Crippen LogP contribution in [0, 0.1) is 17.0 Å². The molecule has 0 fully saturated rings. The molecule has 0 atom stereocenters. The van der Waals surface area contributed by atoms with E-state index in [9.17, 15) is 13.9 Å². The van der Waals surface area contributed by atoms with Crippen LogP contribution in [0.1, 0.15) is 26.7 Å². The summed E-state index contributed by atoms with van der Waals surface area (Å²) in [6, 6.07) is 3.43. The van der Waals surface area contributed by atoms with Crippen LogP contribution in [-0.4, -0.2) is 18.3 Å². The molecule has 17 heavy (non-hydrogen) atoms. The zero-order chi connectivity index (χ0) is 12.9. The molecule has 2 nitrogen and oxygen atoms in total. The highest BCUT2D eigenvalue weighted by Gasteiger charge is 2.25. The Labute approximate surface area is 101 Å². The van der Waals surface area contributed by atoms with Gasteiger partial charge in [-0.15, -0.1) is 0 Å². The Morgan fingerprint density at radius 1 is 1.24 bits per heavy atom. The summed E-state index contributed by atoms with van der Waals surface area (Å²) >= 11 is 0. The molecular formula is C13H19F2NO. The second-order valence-electron chi connectivity index (χ2n) is 4.34. The van der Waals surface area contributed by atoms with E-state index >= 15 is 0 Å². The van der Waals surface area contributed by atoms with Crippen molar-refractivity contribution in [2.75, 3.05) is 18.5 Å². The molecule has 0 radical (unpaired) electrons. The van der Waals surface area contributed by atoms with Crippen molar-refractivity contribution in [3.8, 4) is 0 Å². The molecule has 0 saturated carbocycles. The lowest BCUT2D eigenvalue weighted by Gasteiger charge is -2.30. The van der Waals surface area contributed by atoms with E-state index in [4.69, 9.17) is 0 Å². The molecule has 0 aliphatic carbocycles. The van der Waals surface area contributed by atoms with E-state index in [1.54, 1.807) is 0 Å². The summed E-state index contributed by atoms with van der Waals surface area (Å²) in [5.41, 5.74) is 0.0204. The first-order valence-corrected chi connectivity index (χ1v) is 5.86. The van der Waals surface area contributed by atoms with Gasteiger partial charge in [0.1, 0.15) is 11.6 Å². The summed E-state index contributed by atoms with van der Waals surface area (Å²) < 4.78 is 26.1. The van der Waals surface area contributed by atoms with Gasteiger partial charge in [0.2, 0.25) is 0 Å². The summed E-state index contributed by atoms with van der Waals surface area (Å²) in [4.78, 5) is 0. The molecule has 2 N–H and O–H groups in total. The predicted octanol–water partition coefficient (Wildman–Crippen LogP) is 3.18. The molecule has 1 aromatic rings. The van der Waals surface area contributed by atoms with E-state index in [0.717, 1.165) is 18.9 Å². The highest BCUT2D eigenvalue weighted by atomic mass is 19.1. The quantitative estimate of drug-likeness (QED) is 0.804.